The van der Waals surface area contributed by atoms with Crippen molar-refractivity contribution in [2.45, 2.75) is 6.54 Å². The Hall–Kier alpha value is -1.79. The highest BCUT2D eigenvalue weighted by Crippen LogP contribution is 2.27. The van der Waals surface area contributed by atoms with Crippen LogP contribution in [0.3, 0.4) is 0 Å². The SMILES string of the molecule is COCCNCC(=O)NCc1ccc(OC)c(OC)c1. The minimum atomic E-state index is -0.0594. The van der Waals surface area contributed by atoms with Gasteiger partial charge in [-0.05, 0) is 17.7 Å². The van der Waals surface area contributed by atoms with Crippen LogP contribution in [0.5, 0.6) is 11.5 Å². The molecule has 0 aliphatic rings. The monoisotopic (exact) mass is 282 g/mol. The van der Waals surface area contributed by atoms with Crippen LogP contribution in [-0.2, 0) is 16.1 Å². The van der Waals surface area contributed by atoms with E-state index in [1.807, 2.05) is 18.2 Å². The molecule has 20 heavy (non-hydrogen) atoms. The average Bonchev–Trinajstić information content (AvgIpc) is 2.49. The molecular weight excluding hydrogens is 260 g/mol. The van der Waals surface area contributed by atoms with E-state index in [1.165, 1.54) is 0 Å². The van der Waals surface area contributed by atoms with Gasteiger partial charge in [0.1, 0.15) is 0 Å². The van der Waals surface area contributed by atoms with Crippen molar-refractivity contribution in [1.82, 2.24) is 10.6 Å². The Bertz CT molecular complexity index is 424. The maximum absolute atomic E-state index is 11.6. The molecule has 0 bridgehead atoms. The van der Waals surface area contributed by atoms with Gasteiger partial charge in [0, 0.05) is 20.2 Å². The Morgan fingerprint density at radius 3 is 2.55 bits per heavy atom. The van der Waals surface area contributed by atoms with Crippen molar-refractivity contribution in [1.29, 1.82) is 0 Å². The molecule has 1 rings (SSSR count). The van der Waals surface area contributed by atoms with Gasteiger partial charge in [0.2, 0.25) is 5.91 Å². The number of rotatable bonds is 9. The fraction of sp³-hybridized carbons (Fsp3) is 0.500. The number of carbonyl (C=O) groups excluding carboxylic acids is 1. The lowest BCUT2D eigenvalue weighted by Gasteiger charge is -2.10. The number of hydrogen-bond acceptors (Lipinski definition) is 5. The van der Waals surface area contributed by atoms with Crippen molar-refractivity contribution in [2.75, 3.05) is 41.0 Å². The van der Waals surface area contributed by atoms with Gasteiger partial charge in [-0.3, -0.25) is 4.79 Å². The number of carbonyl (C=O) groups is 1. The van der Waals surface area contributed by atoms with E-state index in [0.717, 1.165) is 5.56 Å². The first kappa shape index (κ1) is 16.3. The number of ether oxygens (including phenoxy) is 3. The first-order chi connectivity index (χ1) is 9.71. The van der Waals surface area contributed by atoms with Crippen molar-refractivity contribution in [3.8, 4) is 11.5 Å². The number of amides is 1. The summed E-state index contributed by atoms with van der Waals surface area (Å²) in [7, 11) is 4.80. The third-order valence-corrected chi connectivity index (χ3v) is 2.71. The van der Waals surface area contributed by atoms with E-state index < -0.39 is 0 Å². The predicted molar refractivity (Wildman–Crippen MR) is 76.1 cm³/mol. The quantitative estimate of drug-likeness (QED) is 0.648. The molecule has 0 spiro atoms. The van der Waals surface area contributed by atoms with Crippen LogP contribution in [0.4, 0.5) is 0 Å². The third-order valence-electron chi connectivity index (χ3n) is 2.71. The van der Waals surface area contributed by atoms with E-state index in [2.05, 4.69) is 10.6 Å². The van der Waals surface area contributed by atoms with E-state index in [0.29, 0.717) is 31.2 Å². The summed E-state index contributed by atoms with van der Waals surface area (Å²) in [5, 5.41) is 5.81. The second-order valence-corrected chi connectivity index (χ2v) is 4.14. The summed E-state index contributed by atoms with van der Waals surface area (Å²) in [6.07, 6.45) is 0. The second kappa shape index (κ2) is 9.17. The first-order valence-electron chi connectivity index (χ1n) is 6.38. The van der Waals surface area contributed by atoms with Gasteiger partial charge in [-0.1, -0.05) is 6.07 Å². The van der Waals surface area contributed by atoms with Gasteiger partial charge in [0.25, 0.3) is 0 Å². The third kappa shape index (κ3) is 5.46. The molecular formula is C14H22N2O4. The Morgan fingerprint density at radius 2 is 1.90 bits per heavy atom. The summed E-state index contributed by atoms with van der Waals surface area (Å²) >= 11 is 0. The van der Waals surface area contributed by atoms with Crippen LogP contribution in [0, 0.1) is 0 Å². The lowest BCUT2D eigenvalue weighted by atomic mass is 10.2. The van der Waals surface area contributed by atoms with Gasteiger partial charge in [0.15, 0.2) is 11.5 Å². The van der Waals surface area contributed by atoms with E-state index in [9.17, 15) is 4.79 Å². The molecule has 2 N–H and O–H groups in total. The Balaban J connectivity index is 2.39. The lowest BCUT2D eigenvalue weighted by Crippen LogP contribution is -2.34. The molecule has 0 saturated carbocycles. The summed E-state index contributed by atoms with van der Waals surface area (Å²) in [4.78, 5) is 11.6. The topological polar surface area (TPSA) is 68.8 Å². The summed E-state index contributed by atoms with van der Waals surface area (Å²) in [6, 6.07) is 5.55. The predicted octanol–water partition coefficient (Wildman–Crippen LogP) is 0.556. The number of nitrogens with one attached hydrogen (secondary N) is 2. The molecule has 1 aromatic carbocycles. The normalized spacial score (nSPS) is 10.2. The minimum absolute atomic E-state index is 0.0594. The van der Waals surface area contributed by atoms with Gasteiger partial charge in [-0.15, -0.1) is 0 Å². The highest BCUT2D eigenvalue weighted by Gasteiger charge is 2.05. The Labute approximate surface area is 119 Å². The summed E-state index contributed by atoms with van der Waals surface area (Å²) in [5.74, 6) is 1.26. The zero-order chi connectivity index (χ0) is 14.8. The fourth-order valence-electron chi connectivity index (χ4n) is 1.63. The zero-order valence-corrected chi connectivity index (χ0v) is 12.2. The van der Waals surface area contributed by atoms with Crippen LogP contribution in [0.15, 0.2) is 18.2 Å². The molecule has 6 heteroatoms. The van der Waals surface area contributed by atoms with Crippen molar-refractivity contribution < 1.29 is 19.0 Å². The summed E-state index contributed by atoms with van der Waals surface area (Å²) in [6.45, 7) is 1.96. The van der Waals surface area contributed by atoms with Gasteiger partial charge in [-0.2, -0.15) is 0 Å². The van der Waals surface area contributed by atoms with Gasteiger partial charge >= 0.3 is 0 Å². The minimum Gasteiger partial charge on any atom is -0.493 e. The standard InChI is InChI=1S/C14H22N2O4/c1-18-7-6-15-10-14(17)16-9-11-4-5-12(19-2)13(8-11)20-3/h4-5,8,15H,6-7,9-10H2,1-3H3,(H,16,17). The van der Waals surface area contributed by atoms with Crippen molar-refractivity contribution in [2.24, 2.45) is 0 Å². The smallest absolute Gasteiger partial charge is 0.234 e. The van der Waals surface area contributed by atoms with Crippen LogP contribution in [0.25, 0.3) is 0 Å². The zero-order valence-electron chi connectivity index (χ0n) is 12.2. The molecule has 0 aromatic heterocycles. The molecule has 0 fully saturated rings. The van der Waals surface area contributed by atoms with Crippen LogP contribution in [0.1, 0.15) is 5.56 Å². The van der Waals surface area contributed by atoms with Crippen molar-refractivity contribution in [3.63, 3.8) is 0 Å². The molecule has 0 aliphatic heterocycles. The largest absolute Gasteiger partial charge is 0.493 e. The van der Waals surface area contributed by atoms with Gasteiger partial charge in [-0.25, -0.2) is 0 Å². The molecule has 0 unspecified atom stereocenters. The van der Waals surface area contributed by atoms with Gasteiger partial charge in [0.05, 0.1) is 27.4 Å². The highest BCUT2D eigenvalue weighted by atomic mass is 16.5. The highest BCUT2D eigenvalue weighted by molar-refractivity contribution is 5.77. The molecule has 0 saturated heterocycles. The second-order valence-electron chi connectivity index (χ2n) is 4.14. The number of hydrogen-bond donors (Lipinski definition) is 2. The molecule has 0 atom stereocenters. The number of benzene rings is 1. The van der Waals surface area contributed by atoms with Crippen LogP contribution >= 0.6 is 0 Å². The van der Waals surface area contributed by atoms with Crippen molar-refractivity contribution >= 4 is 5.91 Å². The molecule has 6 nitrogen and oxygen atoms in total. The van der Waals surface area contributed by atoms with Crippen LogP contribution in [-0.4, -0.2) is 46.9 Å². The maximum Gasteiger partial charge on any atom is 0.234 e. The number of methoxy groups -OCH3 is 3. The van der Waals surface area contributed by atoms with E-state index in [1.54, 1.807) is 21.3 Å². The molecule has 0 aliphatic carbocycles. The molecule has 1 aromatic rings. The fourth-order valence-corrected chi connectivity index (χ4v) is 1.63. The molecule has 1 amide bonds. The Morgan fingerprint density at radius 1 is 1.15 bits per heavy atom. The lowest BCUT2D eigenvalue weighted by molar-refractivity contribution is -0.120. The van der Waals surface area contributed by atoms with Gasteiger partial charge < -0.3 is 24.8 Å². The molecule has 0 radical (unpaired) electrons. The van der Waals surface area contributed by atoms with Crippen molar-refractivity contribution in [3.05, 3.63) is 23.8 Å². The van der Waals surface area contributed by atoms with E-state index in [-0.39, 0.29) is 12.5 Å². The molecule has 0 heterocycles. The summed E-state index contributed by atoms with van der Waals surface area (Å²) in [5.41, 5.74) is 0.952. The van der Waals surface area contributed by atoms with Crippen LogP contribution < -0.4 is 20.1 Å². The van der Waals surface area contributed by atoms with E-state index in [4.69, 9.17) is 14.2 Å². The summed E-state index contributed by atoms with van der Waals surface area (Å²) < 4.78 is 15.3. The maximum atomic E-state index is 11.6. The molecule has 112 valence electrons. The average molecular weight is 282 g/mol. The van der Waals surface area contributed by atoms with E-state index >= 15 is 0 Å². The van der Waals surface area contributed by atoms with Crippen LogP contribution in [0.2, 0.25) is 0 Å². The Kier molecular flexibility index (Phi) is 7.46. The first-order valence-corrected chi connectivity index (χ1v) is 6.38.